The van der Waals surface area contributed by atoms with Crippen molar-refractivity contribution in [3.8, 4) is 0 Å². The molecule has 0 aliphatic carbocycles. The summed E-state index contributed by atoms with van der Waals surface area (Å²) in [6.45, 7) is 5.79. The van der Waals surface area contributed by atoms with E-state index < -0.39 is 0 Å². The van der Waals surface area contributed by atoms with Crippen LogP contribution in [0, 0.1) is 0 Å². The number of para-hydroxylation sites is 1. The van der Waals surface area contributed by atoms with Crippen LogP contribution in [0.3, 0.4) is 0 Å². The molecule has 2 aromatic carbocycles. The second-order valence-corrected chi connectivity index (χ2v) is 7.88. The van der Waals surface area contributed by atoms with E-state index in [4.69, 9.17) is 11.6 Å². The number of thioether (sulfide) groups is 1. The third-order valence-electron chi connectivity index (χ3n) is 3.92. The Morgan fingerprint density at radius 2 is 1.73 bits per heavy atom. The third kappa shape index (κ3) is 5.78. The van der Waals surface area contributed by atoms with Gasteiger partial charge < -0.3 is 10.6 Å². The van der Waals surface area contributed by atoms with E-state index in [9.17, 15) is 9.59 Å². The summed E-state index contributed by atoms with van der Waals surface area (Å²) in [5.41, 5.74) is 0.978. The smallest absolute Gasteiger partial charge is 0.253 e. The van der Waals surface area contributed by atoms with Gasteiger partial charge >= 0.3 is 0 Å². The molecule has 6 heteroatoms. The summed E-state index contributed by atoms with van der Waals surface area (Å²) in [6, 6.07) is 14.5. The Balaban J connectivity index is 2.06. The molecule has 0 bridgehead atoms. The van der Waals surface area contributed by atoms with E-state index in [0.29, 0.717) is 16.3 Å². The molecule has 0 heterocycles. The van der Waals surface area contributed by atoms with E-state index >= 15 is 0 Å². The molecule has 0 aromatic heterocycles. The Kier molecular flexibility index (Phi) is 7.54. The quantitative estimate of drug-likeness (QED) is 0.655. The lowest BCUT2D eigenvalue weighted by atomic mass is 10.1. The monoisotopic (exact) mass is 390 g/mol. The summed E-state index contributed by atoms with van der Waals surface area (Å²) in [5, 5.41) is 6.14. The lowest BCUT2D eigenvalue weighted by Crippen LogP contribution is -2.33. The number of hydrogen-bond acceptors (Lipinski definition) is 3. The molecule has 0 spiro atoms. The normalized spacial score (nSPS) is 12.9. The zero-order valence-corrected chi connectivity index (χ0v) is 16.7. The van der Waals surface area contributed by atoms with Crippen molar-refractivity contribution in [2.75, 3.05) is 5.32 Å². The highest BCUT2D eigenvalue weighted by Gasteiger charge is 2.18. The highest BCUT2D eigenvalue weighted by atomic mass is 35.5. The fourth-order valence-electron chi connectivity index (χ4n) is 2.20. The van der Waals surface area contributed by atoms with Gasteiger partial charge in [-0.25, -0.2) is 0 Å². The maximum atomic E-state index is 12.5. The first kappa shape index (κ1) is 20.3. The standard InChI is InChI=1S/C20H23ClN2O2S/c1-4-13(2)22-20(25)17-7-5-6-8-18(17)23-19(24)14(3)26-16-11-9-15(21)10-12-16/h5-14H,4H2,1-3H3,(H,22,25)(H,23,24)/t13-,14+/m1/s1. The molecule has 0 saturated heterocycles. The van der Waals surface area contributed by atoms with Crippen LogP contribution < -0.4 is 10.6 Å². The van der Waals surface area contributed by atoms with E-state index in [2.05, 4.69) is 10.6 Å². The van der Waals surface area contributed by atoms with E-state index in [1.54, 1.807) is 36.4 Å². The lowest BCUT2D eigenvalue weighted by molar-refractivity contribution is -0.115. The van der Waals surface area contributed by atoms with Gasteiger partial charge in [-0.2, -0.15) is 0 Å². The van der Waals surface area contributed by atoms with E-state index in [1.807, 2.05) is 32.9 Å². The second kappa shape index (κ2) is 9.64. The summed E-state index contributed by atoms with van der Waals surface area (Å²) in [4.78, 5) is 25.9. The fourth-order valence-corrected chi connectivity index (χ4v) is 3.19. The highest BCUT2D eigenvalue weighted by molar-refractivity contribution is 8.00. The fraction of sp³-hybridized carbons (Fsp3) is 0.300. The molecule has 2 rings (SSSR count). The van der Waals surface area contributed by atoms with Crippen molar-refractivity contribution in [1.82, 2.24) is 5.32 Å². The molecule has 138 valence electrons. The number of halogens is 1. The number of anilines is 1. The number of amides is 2. The van der Waals surface area contributed by atoms with Gasteiger partial charge in [0.25, 0.3) is 5.91 Å². The Hall–Kier alpha value is -1.98. The maximum Gasteiger partial charge on any atom is 0.253 e. The van der Waals surface area contributed by atoms with Crippen LogP contribution in [0.1, 0.15) is 37.6 Å². The SMILES string of the molecule is CC[C@@H](C)NC(=O)c1ccccc1NC(=O)[C@H](C)Sc1ccc(Cl)cc1. The minimum absolute atomic E-state index is 0.0747. The minimum atomic E-state index is -0.318. The van der Waals surface area contributed by atoms with Crippen LogP contribution in [0.25, 0.3) is 0 Å². The summed E-state index contributed by atoms with van der Waals surface area (Å²) in [6.07, 6.45) is 0.842. The molecule has 2 N–H and O–H groups in total. The molecule has 0 aliphatic heterocycles. The molecular formula is C20H23ClN2O2S. The van der Waals surface area contributed by atoms with Crippen LogP contribution in [0.5, 0.6) is 0 Å². The summed E-state index contributed by atoms with van der Waals surface area (Å²) < 4.78 is 0. The topological polar surface area (TPSA) is 58.2 Å². The summed E-state index contributed by atoms with van der Waals surface area (Å²) >= 11 is 7.32. The molecule has 0 radical (unpaired) electrons. The van der Waals surface area contributed by atoms with Crippen molar-refractivity contribution in [3.05, 3.63) is 59.1 Å². The Morgan fingerprint density at radius 1 is 1.08 bits per heavy atom. The number of carbonyl (C=O) groups excluding carboxylic acids is 2. The first-order valence-electron chi connectivity index (χ1n) is 8.53. The Morgan fingerprint density at radius 3 is 2.38 bits per heavy atom. The van der Waals surface area contributed by atoms with E-state index in [1.165, 1.54) is 11.8 Å². The van der Waals surface area contributed by atoms with Gasteiger partial charge in [0.2, 0.25) is 5.91 Å². The predicted octanol–water partition coefficient (Wildman–Crippen LogP) is 4.99. The molecule has 2 atom stereocenters. The molecule has 0 saturated carbocycles. The largest absolute Gasteiger partial charge is 0.350 e. The molecule has 26 heavy (non-hydrogen) atoms. The molecule has 2 aromatic rings. The zero-order valence-electron chi connectivity index (χ0n) is 15.1. The zero-order chi connectivity index (χ0) is 19.1. The highest BCUT2D eigenvalue weighted by Crippen LogP contribution is 2.26. The lowest BCUT2D eigenvalue weighted by Gasteiger charge is -2.16. The van der Waals surface area contributed by atoms with Crippen LogP contribution in [-0.2, 0) is 4.79 Å². The number of carbonyl (C=O) groups is 2. The van der Waals surface area contributed by atoms with Gasteiger partial charge in [-0.15, -0.1) is 11.8 Å². The van der Waals surface area contributed by atoms with Crippen LogP contribution in [0.2, 0.25) is 5.02 Å². The van der Waals surface area contributed by atoms with Gasteiger partial charge in [0.05, 0.1) is 16.5 Å². The van der Waals surface area contributed by atoms with Crippen LogP contribution in [-0.4, -0.2) is 23.1 Å². The number of rotatable bonds is 7. The summed E-state index contributed by atoms with van der Waals surface area (Å²) in [5.74, 6) is -0.345. The number of hydrogen-bond donors (Lipinski definition) is 2. The summed E-state index contributed by atoms with van der Waals surface area (Å²) in [7, 11) is 0. The van der Waals surface area contributed by atoms with Crippen molar-refractivity contribution in [2.24, 2.45) is 0 Å². The molecule has 2 amide bonds. The van der Waals surface area contributed by atoms with Crippen molar-refractivity contribution in [1.29, 1.82) is 0 Å². The third-order valence-corrected chi connectivity index (χ3v) is 5.28. The van der Waals surface area contributed by atoms with Crippen LogP contribution in [0.15, 0.2) is 53.4 Å². The molecule has 4 nitrogen and oxygen atoms in total. The van der Waals surface area contributed by atoms with Crippen molar-refractivity contribution in [2.45, 2.75) is 43.4 Å². The Bertz CT molecular complexity index is 765. The van der Waals surface area contributed by atoms with Crippen molar-refractivity contribution < 1.29 is 9.59 Å². The van der Waals surface area contributed by atoms with Crippen LogP contribution in [0.4, 0.5) is 5.69 Å². The van der Waals surface area contributed by atoms with Gasteiger partial charge in [-0.1, -0.05) is 30.7 Å². The van der Waals surface area contributed by atoms with Gasteiger partial charge in [-0.05, 0) is 56.7 Å². The molecule has 0 unspecified atom stereocenters. The Labute approximate surface area is 163 Å². The first-order valence-corrected chi connectivity index (χ1v) is 9.79. The minimum Gasteiger partial charge on any atom is -0.350 e. The predicted molar refractivity (Wildman–Crippen MR) is 109 cm³/mol. The number of nitrogens with one attached hydrogen (secondary N) is 2. The number of benzene rings is 2. The second-order valence-electron chi connectivity index (χ2n) is 6.03. The van der Waals surface area contributed by atoms with E-state index in [0.717, 1.165) is 11.3 Å². The first-order chi connectivity index (χ1) is 12.4. The van der Waals surface area contributed by atoms with Gasteiger partial charge in [0.15, 0.2) is 0 Å². The molecule has 0 aliphatic rings. The average Bonchev–Trinajstić information content (AvgIpc) is 2.63. The van der Waals surface area contributed by atoms with Gasteiger partial charge in [0.1, 0.15) is 0 Å². The molecule has 0 fully saturated rings. The van der Waals surface area contributed by atoms with Gasteiger partial charge in [0, 0.05) is 16.0 Å². The van der Waals surface area contributed by atoms with Crippen LogP contribution >= 0.6 is 23.4 Å². The van der Waals surface area contributed by atoms with Gasteiger partial charge in [-0.3, -0.25) is 9.59 Å². The van der Waals surface area contributed by atoms with Crippen molar-refractivity contribution in [3.63, 3.8) is 0 Å². The van der Waals surface area contributed by atoms with E-state index in [-0.39, 0.29) is 23.1 Å². The maximum absolute atomic E-state index is 12.5. The molecular weight excluding hydrogens is 368 g/mol. The average molecular weight is 391 g/mol. The van der Waals surface area contributed by atoms with Crippen molar-refractivity contribution >= 4 is 40.9 Å².